The summed E-state index contributed by atoms with van der Waals surface area (Å²) in [5.41, 5.74) is -4.10. The molecule has 12 nitrogen and oxygen atoms in total. The summed E-state index contributed by atoms with van der Waals surface area (Å²) >= 11 is 0. The lowest BCUT2D eigenvalue weighted by Gasteiger charge is -2.26. The largest absolute Gasteiger partial charge is 0.477 e. The van der Waals surface area contributed by atoms with E-state index in [9.17, 15) is 29.1 Å². The Morgan fingerprint density at radius 2 is 1.67 bits per heavy atom. The number of rotatable bonds is 6. The molecule has 2 aromatic rings. The van der Waals surface area contributed by atoms with E-state index in [1.54, 1.807) is 0 Å². The molecule has 0 bridgehead atoms. The number of aromatic amines is 4. The van der Waals surface area contributed by atoms with E-state index >= 15 is 0 Å². The fraction of sp³-hybridized carbons (Fsp3) is 0.250. The molecule has 12 heteroatoms. The summed E-state index contributed by atoms with van der Waals surface area (Å²) < 4.78 is 9.99. The van der Waals surface area contributed by atoms with Crippen LogP contribution in [0, 0.1) is 0 Å². The van der Waals surface area contributed by atoms with Gasteiger partial charge in [-0.1, -0.05) is 0 Å². The number of hydrogen-bond acceptors (Lipinski definition) is 7. The van der Waals surface area contributed by atoms with Gasteiger partial charge in [-0.05, 0) is 0 Å². The zero-order valence-electron chi connectivity index (χ0n) is 12.2. The van der Waals surface area contributed by atoms with E-state index in [1.807, 2.05) is 9.97 Å². The van der Waals surface area contributed by atoms with Crippen LogP contribution in [-0.4, -0.2) is 38.1 Å². The van der Waals surface area contributed by atoms with Crippen LogP contribution in [0.4, 0.5) is 0 Å². The van der Waals surface area contributed by atoms with Crippen molar-refractivity contribution >= 4 is 5.97 Å². The topological polar surface area (TPSA) is 187 Å². The summed E-state index contributed by atoms with van der Waals surface area (Å²) in [6.07, 6.45) is 1.86. The molecule has 0 aliphatic rings. The molecule has 0 spiro atoms. The maximum atomic E-state index is 11.9. The minimum absolute atomic E-state index is 0.113. The Balaban J connectivity index is 2.47. The molecule has 2 heterocycles. The monoisotopic (exact) mass is 340 g/mol. The molecule has 0 radical (unpaired) electrons. The van der Waals surface area contributed by atoms with E-state index in [0.717, 1.165) is 19.5 Å². The molecule has 0 aliphatic carbocycles. The van der Waals surface area contributed by atoms with Gasteiger partial charge in [0.15, 0.2) is 0 Å². The van der Waals surface area contributed by atoms with Crippen molar-refractivity contribution < 1.29 is 19.4 Å². The summed E-state index contributed by atoms with van der Waals surface area (Å²) in [7, 11) is 0.968. The van der Waals surface area contributed by atoms with Crippen LogP contribution >= 0.6 is 0 Å². The Labute approximate surface area is 131 Å². The third-order valence-electron chi connectivity index (χ3n) is 3.07. The van der Waals surface area contributed by atoms with Gasteiger partial charge in [-0.25, -0.2) is 14.4 Å². The number of carboxylic acids is 1. The molecule has 1 unspecified atom stereocenters. The number of H-pyrrole nitrogens is 4. The second-order valence-corrected chi connectivity index (χ2v) is 4.50. The van der Waals surface area contributed by atoms with Crippen LogP contribution in [0.2, 0.25) is 0 Å². The SMILES string of the molecule is COC(OCc1c[nH]c(=O)[nH]c1=O)(C(=O)O)c1c[nH]c(=O)[nH]c1=O. The van der Waals surface area contributed by atoms with Gasteiger partial charge in [0.1, 0.15) is 5.56 Å². The molecule has 0 amide bonds. The van der Waals surface area contributed by atoms with Gasteiger partial charge >= 0.3 is 23.1 Å². The van der Waals surface area contributed by atoms with Crippen molar-refractivity contribution in [3.63, 3.8) is 0 Å². The van der Waals surface area contributed by atoms with E-state index in [0.29, 0.717) is 0 Å². The molecule has 0 aliphatic heterocycles. The van der Waals surface area contributed by atoms with Gasteiger partial charge in [0.25, 0.3) is 11.1 Å². The Kier molecular flexibility index (Phi) is 4.61. The van der Waals surface area contributed by atoms with E-state index in [2.05, 4.69) is 9.97 Å². The summed E-state index contributed by atoms with van der Waals surface area (Å²) in [5, 5.41) is 9.42. The van der Waals surface area contributed by atoms with Crippen molar-refractivity contribution in [2.45, 2.75) is 12.4 Å². The first-order chi connectivity index (χ1) is 11.3. The molecule has 1 atom stereocenters. The Morgan fingerprint density at radius 1 is 1.08 bits per heavy atom. The maximum Gasteiger partial charge on any atom is 0.369 e. The van der Waals surface area contributed by atoms with Crippen molar-refractivity contribution in [3.8, 4) is 0 Å². The second-order valence-electron chi connectivity index (χ2n) is 4.50. The number of aromatic nitrogens is 4. The van der Waals surface area contributed by atoms with Crippen LogP contribution in [-0.2, 0) is 26.7 Å². The first-order valence-corrected chi connectivity index (χ1v) is 6.36. The van der Waals surface area contributed by atoms with E-state index in [-0.39, 0.29) is 5.56 Å². The van der Waals surface area contributed by atoms with Crippen LogP contribution in [0.15, 0.2) is 31.6 Å². The van der Waals surface area contributed by atoms with Gasteiger partial charge in [-0.15, -0.1) is 0 Å². The summed E-state index contributed by atoms with van der Waals surface area (Å²) in [5.74, 6) is -4.27. The van der Waals surface area contributed by atoms with Crippen molar-refractivity contribution in [1.29, 1.82) is 0 Å². The zero-order valence-corrected chi connectivity index (χ0v) is 12.2. The molecule has 2 rings (SSSR count). The minimum atomic E-state index is -2.58. The highest BCUT2D eigenvalue weighted by Crippen LogP contribution is 2.25. The molecule has 0 saturated carbocycles. The Bertz CT molecular complexity index is 984. The van der Waals surface area contributed by atoms with Crippen LogP contribution < -0.4 is 22.5 Å². The third kappa shape index (κ3) is 3.09. The van der Waals surface area contributed by atoms with E-state index < -0.39 is 46.4 Å². The molecular formula is C12H12N4O8. The van der Waals surface area contributed by atoms with Crippen molar-refractivity contribution in [3.05, 3.63) is 65.2 Å². The third-order valence-corrected chi connectivity index (χ3v) is 3.07. The van der Waals surface area contributed by atoms with Crippen LogP contribution in [0.3, 0.4) is 0 Å². The van der Waals surface area contributed by atoms with E-state index in [1.165, 1.54) is 0 Å². The van der Waals surface area contributed by atoms with Crippen molar-refractivity contribution in [2.24, 2.45) is 0 Å². The van der Waals surface area contributed by atoms with Crippen molar-refractivity contribution in [2.75, 3.05) is 7.11 Å². The van der Waals surface area contributed by atoms with Gasteiger partial charge in [0.05, 0.1) is 12.2 Å². The van der Waals surface area contributed by atoms with Gasteiger partial charge in [0, 0.05) is 19.5 Å². The first-order valence-electron chi connectivity index (χ1n) is 6.36. The van der Waals surface area contributed by atoms with Gasteiger partial charge < -0.3 is 24.5 Å². The number of carbonyl (C=O) groups is 1. The van der Waals surface area contributed by atoms with Gasteiger partial charge in [-0.3, -0.25) is 19.6 Å². The lowest BCUT2D eigenvalue weighted by Crippen LogP contribution is -2.46. The molecule has 24 heavy (non-hydrogen) atoms. The first kappa shape index (κ1) is 17.1. The lowest BCUT2D eigenvalue weighted by atomic mass is 10.1. The van der Waals surface area contributed by atoms with Crippen LogP contribution in [0.25, 0.3) is 0 Å². The normalized spacial score (nSPS) is 13.4. The summed E-state index contributed by atoms with van der Waals surface area (Å²) in [6, 6.07) is 0. The highest BCUT2D eigenvalue weighted by molar-refractivity contribution is 5.77. The molecule has 128 valence electrons. The Morgan fingerprint density at radius 3 is 2.17 bits per heavy atom. The predicted octanol–water partition coefficient (Wildman–Crippen LogP) is -2.46. The summed E-state index contributed by atoms with van der Waals surface area (Å²) in [4.78, 5) is 65.2. The van der Waals surface area contributed by atoms with Crippen LogP contribution in [0.1, 0.15) is 11.1 Å². The predicted molar refractivity (Wildman–Crippen MR) is 76.5 cm³/mol. The molecular weight excluding hydrogens is 328 g/mol. The summed E-state index contributed by atoms with van der Waals surface area (Å²) in [6.45, 7) is -0.606. The minimum Gasteiger partial charge on any atom is -0.477 e. The molecule has 0 saturated heterocycles. The van der Waals surface area contributed by atoms with E-state index in [4.69, 9.17) is 9.47 Å². The smallest absolute Gasteiger partial charge is 0.369 e. The standard InChI is InChI=1S/C12H12N4O8/c1-23-12(9(19)20,6-3-14-11(22)16-8(6)18)24-4-5-2-13-10(21)15-7(5)17/h2-3H,4H2,1H3,(H,19,20)(H2,13,15,17,21)(H2,14,16,18,22). The number of methoxy groups -OCH3 is 1. The van der Waals surface area contributed by atoms with Gasteiger partial charge in [0.2, 0.25) is 0 Å². The maximum absolute atomic E-state index is 11.9. The number of carboxylic acid groups (broad SMARTS) is 1. The second kappa shape index (κ2) is 6.47. The zero-order chi connectivity index (χ0) is 17.9. The number of ether oxygens (including phenoxy) is 2. The highest BCUT2D eigenvalue weighted by atomic mass is 16.7. The molecule has 0 fully saturated rings. The van der Waals surface area contributed by atoms with Crippen LogP contribution in [0.5, 0.6) is 0 Å². The van der Waals surface area contributed by atoms with Crippen molar-refractivity contribution in [1.82, 2.24) is 19.9 Å². The fourth-order valence-corrected chi connectivity index (χ4v) is 1.89. The fourth-order valence-electron chi connectivity index (χ4n) is 1.89. The molecule has 0 aromatic carbocycles. The number of nitrogens with one attached hydrogen (secondary N) is 4. The van der Waals surface area contributed by atoms with Gasteiger partial charge in [-0.2, -0.15) is 0 Å². The Hall–Kier alpha value is -3.25. The average molecular weight is 340 g/mol. The average Bonchev–Trinajstić information content (AvgIpc) is 2.51. The number of hydrogen-bond donors (Lipinski definition) is 5. The quantitative estimate of drug-likeness (QED) is 0.358. The molecule has 2 aromatic heterocycles. The lowest BCUT2D eigenvalue weighted by molar-refractivity contribution is -0.246. The highest BCUT2D eigenvalue weighted by Gasteiger charge is 2.45. The molecule has 5 N–H and O–H groups in total. The number of aliphatic carboxylic acids is 1.